The Hall–Kier alpha value is -1.64. The molecule has 3 N–H and O–H groups in total. The average Bonchev–Trinajstić information content (AvgIpc) is 2.69. The number of hydrogen-bond acceptors (Lipinski definition) is 7. The number of nitrogens with one attached hydrogen (secondary N) is 1. The second-order valence-electron chi connectivity index (χ2n) is 7.76. The van der Waals surface area contributed by atoms with Gasteiger partial charge in [0.15, 0.2) is 0 Å². The Balaban J connectivity index is 0.00000280. The van der Waals surface area contributed by atoms with E-state index < -0.39 is 5.54 Å². The second kappa shape index (κ2) is 10.2. The van der Waals surface area contributed by atoms with E-state index >= 15 is 0 Å². The Kier molecular flexibility index (Phi) is 8.27. The third-order valence-electron chi connectivity index (χ3n) is 5.34. The van der Waals surface area contributed by atoms with Crippen molar-refractivity contribution in [1.82, 2.24) is 15.3 Å². The Bertz CT molecular complexity index is 639. The molecule has 3 rings (SSSR count). The highest BCUT2D eigenvalue weighted by Crippen LogP contribution is 2.22. The quantitative estimate of drug-likeness (QED) is 0.727. The molecule has 8 nitrogen and oxygen atoms in total. The van der Waals surface area contributed by atoms with Gasteiger partial charge in [-0.1, -0.05) is 13.3 Å². The van der Waals surface area contributed by atoms with Gasteiger partial charge in [-0.25, -0.2) is 9.97 Å². The summed E-state index contributed by atoms with van der Waals surface area (Å²) >= 11 is 0. The summed E-state index contributed by atoms with van der Waals surface area (Å²) in [7, 11) is 0. The molecule has 158 valence electrons. The summed E-state index contributed by atoms with van der Waals surface area (Å²) in [5.41, 5.74) is 5.36. The van der Waals surface area contributed by atoms with E-state index in [0.717, 1.165) is 70.3 Å². The summed E-state index contributed by atoms with van der Waals surface area (Å²) in [5, 5.41) is 3.15. The maximum absolute atomic E-state index is 12.5. The maximum Gasteiger partial charge on any atom is 0.240 e. The number of morpholine rings is 1. The van der Waals surface area contributed by atoms with Crippen LogP contribution >= 0.6 is 12.4 Å². The van der Waals surface area contributed by atoms with E-state index in [9.17, 15) is 4.79 Å². The van der Waals surface area contributed by atoms with Crippen molar-refractivity contribution in [3.8, 4) is 0 Å². The molecule has 0 bridgehead atoms. The molecule has 28 heavy (non-hydrogen) atoms. The molecule has 1 amide bonds. The number of nitrogens with zero attached hydrogens (tertiary/aromatic N) is 4. The van der Waals surface area contributed by atoms with Crippen LogP contribution in [0.25, 0.3) is 0 Å². The van der Waals surface area contributed by atoms with Crippen molar-refractivity contribution < 1.29 is 9.53 Å². The van der Waals surface area contributed by atoms with Crippen LogP contribution in [0.2, 0.25) is 0 Å². The fourth-order valence-electron chi connectivity index (χ4n) is 3.76. The highest BCUT2D eigenvalue weighted by atomic mass is 35.5. The molecule has 0 aliphatic carbocycles. The molecule has 0 spiro atoms. The highest BCUT2D eigenvalue weighted by Gasteiger charge is 2.31. The van der Waals surface area contributed by atoms with E-state index in [1.165, 1.54) is 0 Å². The third-order valence-corrected chi connectivity index (χ3v) is 5.34. The zero-order valence-electron chi connectivity index (χ0n) is 16.9. The fraction of sp³-hybridized carbons (Fsp3) is 0.737. The Morgan fingerprint density at radius 2 is 1.96 bits per heavy atom. The molecule has 2 unspecified atom stereocenters. The summed E-state index contributed by atoms with van der Waals surface area (Å²) in [6.07, 6.45) is 5.18. The van der Waals surface area contributed by atoms with Gasteiger partial charge < -0.3 is 25.6 Å². The monoisotopic (exact) mass is 412 g/mol. The SMILES string of the molecule is CCCC(C)(N)C(=O)NC1CCCN(c2cc(N3CCOCC3)ncn2)C1.Cl. The van der Waals surface area contributed by atoms with Gasteiger partial charge in [-0.2, -0.15) is 0 Å². The number of hydrogen-bond donors (Lipinski definition) is 2. The van der Waals surface area contributed by atoms with Crippen LogP contribution in [-0.4, -0.2) is 66.8 Å². The normalized spacial score (nSPS) is 22.2. The van der Waals surface area contributed by atoms with E-state index in [0.29, 0.717) is 6.42 Å². The van der Waals surface area contributed by atoms with Crippen molar-refractivity contribution in [3.05, 3.63) is 12.4 Å². The fourth-order valence-corrected chi connectivity index (χ4v) is 3.76. The number of nitrogens with two attached hydrogens (primary N) is 1. The molecule has 0 radical (unpaired) electrons. The van der Waals surface area contributed by atoms with Gasteiger partial charge in [0.25, 0.3) is 0 Å². The number of ether oxygens (including phenoxy) is 1. The molecule has 0 saturated carbocycles. The first-order valence-electron chi connectivity index (χ1n) is 9.99. The minimum Gasteiger partial charge on any atom is -0.378 e. The topological polar surface area (TPSA) is 96.6 Å². The van der Waals surface area contributed by atoms with Gasteiger partial charge in [0, 0.05) is 38.3 Å². The lowest BCUT2D eigenvalue weighted by atomic mass is 9.95. The highest BCUT2D eigenvalue weighted by molar-refractivity contribution is 5.86. The molecular weight excluding hydrogens is 380 g/mol. The molecule has 0 aromatic carbocycles. The van der Waals surface area contributed by atoms with Crippen molar-refractivity contribution in [3.63, 3.8) is 0 Å². The zero-order valence-corrected chi connectivity index (χ0v) is 17.7. The van der Waals surface area contributed by atoms with Crippen molar-refractivity contribution in [2.24, 2.45) is 5.73 Å². The van der Waals surface area contributed by atoms with Gasteiger partial charge in [0.2, 0.25) is 5.91 Å². The number of carbonyl (C=O) groups excluding carboxylic acids is 1. The first-order valence-corrected chi connectivity index (χ1v) is 9.99. The van der Waals surface area contributed by atoms with E-state index in [-0.39, 0.29) is 24.4 Å². The Labute approximate surface area is 173 Å². The lowest BCUT2D eigenvalue weighted by molar-refractivity contribution is -0.126. The molecular formula is C19H33ClN6O2. The maximum atomic E-state index is 12.5. The minimum atomic E-state index is -0.810. The second-order valence-corrected chi connectivity index (χ2v) is 7.76. The standard InChI is InChI=1S/C19H32N6O2.ClH/c1-3-6-19(2,20)18(26)23-15-5-4-7-25(13-15)17-12-16(21-14-22-17)24-8-10-27-11-9-24;/h12,14-15H,3-11,13,20H2,1-2H3,(H,23,26);1H. The van der Waals surface area contributed by atoms with Crippen LogP contribution in [0.1, 0.15) is 39.5 Å². The predicted molar refractivity (Wildman–Crippen MR) is 113 cm³/mol. The summed E-state index contributed by atoms with van der Waals surface area (Å²) in [4.78, 5) is 25.9. The molecule has 2 atom stereocenters. The predicted octanol–water partition coefficient (Wildman–Crippen LogP) is 1.34. The molecule has 3 heterocycles. The third kappa shape index (κ3) is 5.68. The number of amides is 1. The van der Waals surface area contributed by atoms with Crippen LogP contribution in [0.4, 0.5) is 11.6 Å². The molecule has 1 aromatic heterocycles. The van der Waals surface area contributed by atoms with Gasteiger partial charge in [0.1, 0.15) is 18.0 Å². The summed E-state index contributed by atoms with van der Waals surface area (Å²) in [5.74, 6) is 1.79. The first kappa shape index (κ1) is 22.6. The van der Waals surface area contributed by atoms with E-state index in [1.807, 2.05) is 19.9 Å². The molecule has 2 fully saturated rings. The van der Waals surface area contributed by atoms with E-state index in [4.69, 9.17) is 10.5 Å². The number of carbonyl (C=O) groups is 1. The van der Waals surface area contributed by atoms with Crippen LogP contribution in [0.3, 0.4) is 0 Å². The van der Waals surface area contributed by atoms with Gasteiger partial charge in [-0.05, 0) is 26.2 Å². The van der Waals surface area contributed by atoms with Crippen molar-refractivity contribution in [1.29, 1.82) is 0 Å². The number of anilines is 2. The van der Waals surface area contributed by atoms with Crippen LogP contribution in [-0.2, 0) is 9.53 Å². The average molecular weight is 413 g/mol. The number of halogens is 1. The summed E-state index contributed by atoms with van der Waals surface area (Å²) < 4.78 is 5.42. The van der Waals surface area contributed by atoms with Gasteiger partial charge in [-0.3, -0.25) is 4.79 Å². The molecule has 2 aliphatic heterocycles. The van der Waals surface area contributed by atoms with Gasteiger partial charge >= 0.3 is 0 Å². The number of aromatic nitrogens is 2. The largest absolute Gasteiger partial charge is 0.378 e. The van der Waals surface area contributed by atoms with Crippen molar-refractivity contribution in [2.45, 2.75) is 51.1 Å². The summed E-state index contributed by atoms with van der Waals surface area (Å²) in [6, 6.07) is 2.13. The van der Waals surface area contributed by atoms with Crippen molar-refractivity contribution >= 4 is 29.9 Å². The van der Waals surface area contributed by atoms with Crippen LogP contribution < -0.4 is 20.9 Å². The van der Waals surface area contributed by atoms with Crippen molar-refractivity contribution in [2.75, 3.05) is 49.2 Å². The van der Waals surface area contributed by atoms with E-state index in [1.54, 1.807) is 6.33 Å². The summed E-state index contributed by atoms with van der Waals surface area (Å²) in [6.45, 7) is 8.69. The van der Waals surface area contributed by atoms with Crippen LogP contribution in [0.15, 0.2) is 12.4 Å². The zero-order chi connectivity index (χ0) is 19.3. The van der Waals surface area contributed by atoms with Gasteiger partial charge in [0.05, 0.1) is 18.8 Å². The Morgan fingerprint density at radius 1 is 1.29 bits per heavy atom. The molecule has 1 aromatic rings. The molecule has 9 heteroatoms. The Morgan fingerprint density at radius 3 is 2.64 bits per heavy atom. The molecule has 2 aliphatic rings. The first-order chi connectivity index (χ1) is 13.0. The number of piperidine rings is 1. The number of rotatable bonds is 6. The molecule has 2 saturated heterocycles. The van der Waals surface area contributed by atoms with Crippen LogP contribution in [0.5, 0.6) is 0 Å². The van der Waals surface area contributed by atoms with E-state index in [2.05, 4.69) is 25.1 Å². The smallest absolute Gasteiger partial charge is 0.240 e. The van der Waals surface area contributed by atoms with Gasteiger partial charge in [-0.15, -0.1) is 12.4 Å². The van der Waals surface area contributed by atoms with Crippen LogP contribution in [0, 0.1) is 0 Å². The lowest BCUT2D eigenvalue weighted by Crippen LogP contribution is -2.57. The minimum absolute atomic E-state index is 0. The lowest BCUT2D eigenvalue weighted by Gasteiger charge is -2.36.